The first kappa shape index (κ1) is 21.4. The van der Waals surface area contributed by atoms with Gasteiger partial charge < -0.3 is 9.84 Å². The van der Waals surface area contributed by atoms with Crippen LogP contribution in [-0.2, 0) is 24.4 Å². The van der Waals surface area contributed by atoms with Gasteiger partial charge >= 0.3 is 12.1 Å². The zero-order chi connectivity index (χ0) is 21.9. The van der Waals surface area contributed by atoms with Gasteiger partial charge in [0.15, 0.2) is 0 Å². The van der Waals surface area contributed by atoms with Crippen LogP contribution in [0.15, 0.2) is 54.6 Å². The molecule has 5 nitrogen and oxygen atoms in total. The number of carboxylic acids is 1. The molecule has 1 N–H and O–H groups in total. The van der Waals surface area contributed by atoms with Crippen molar-refractivity contribution in [3.05, 3.63) is 71.4 Å². The van der Waals surface area contributed by atoms with Gasteiger partial charge in [-0.3, -0.25) is 9.48 Å². The van der Waals surface area contributed by atoms with Crippen molar-refractivity contribution in [3.8, 4) is 17.0 Å². The Balaban J connectivity index is 1.70. The fourth-order valence-electron chi connectivity index (χ4n) is 3.14. The summed E-state index contributed by atoms with van der Waals surface area (Å²) in [5.74, 6) is -0.384. The van der Waals surface area contributed by atoms with Gasteiger partial charge in [-0.25, -0.2) is 0 Å². The Morgan fingerprint density at radius 1 is 1.17 bits per heavy atom. The SMILES string of the molecule is C[C@@H](COc1cccc(CC(=O)O)c1)c1cc(-c2ccc(C(F)(F)F)cc2)nn1C. The Labute approximate surface area is 171 Å². The largest absolute Gasteiger partial charge is 0.493 e. The first-order chi connectivity index (χ1) is 14.1. The van der Waals surface area contributed by atoms with E-state index in [1.165, 1.54) is 12.1 Å². The maximum absolute atomic E-state index is 12.7. The smallest absolute Gasteiger partial charge is 0.416 e. The number of rotatable bonds is 7. The second-order valence-corrected chi connectivity index (χ2v) is 7.08. The molecule has 0 saturated heterocycles. The van der Waals surface area contributed by atoms with Gasteiger partial charge in [-0.1, -0.05) is 31.2 Å². The van der Waals surface area contributed by atoms with Gasteiger partial charge in [0, 0.05) is 24.2 Å². The van der Waals surface area contributed by atoms with E-state index >= 15 is 0 Å². The number of nitrogens with zero attached hydrogens (tertiary/aromatic N) is 2. The quantitative estimate of drug-likeness (QED) is 0.592. The molecule has 1 aromatic heterocycles. The van der Waals surface area contributed by atoms with E-state index in [1.807, 2.05) is 13.0 Å². The van der Waals surface area contributed by atoms with Gasteiger partial charge in [0.25, 0.3) is 0 Å². The molecule has 30 heavy (non-hydrogen) atoms. The van der Waals surface area contributed by atoms with Crippen molar-refractivity contribution < 1.29 is 27.8 Å². The second-order valence-electron chi connectivity index (χ2n) is 7.08. The molecule has 0 aliphatic carbocycles. The molecule has 3 rings (SSSR count). The van der Waals surface area contributed by atoms with E-state index in [2.05, 4.69) is 5.10 Å². The highest BCUT2D eigenvalue weighted by molar-refractivity contribution is 5.70. The summed E-state index contributed by atoms with van der Waals surface area (Å²) in [5, 5.41) is 13.3. The Morgan fingerprint density at radius 2 is 1.87 bits per heavy atom. The molecule has 1 atom stereocenters. The van der Waals surface area contributed by atoms with Crippen LogP contribution in [0.5, 0.6) is 5.75 Å². The van der Waals surface area contributed by atoms with Gasteiger partial charge in [0.2, 0.25) is 0 Å². The molecule has 0 spiro atoms. The summed E-state index contributed by atoms with van der Waals surface area (Å²) in [5.41, 5.74) is 1.99. The van der Waals surface area contributed by atoms with Crippen LogP contribution in [0.1, 0.15) is 29.7 Å². The minimum Gasteiger partial charge on any atom is -0.493 e. The van der Waals surface area contributed by atoms with E-state index in [-0.39, 0.29) is 12.3 Å². The van der Waals surface area contributed by atoms with Crippen molar-refractivity contribution in [3.63, 3.8) is 0 Å². The van der Waals surface area contributed by atoms with Crippen molar-refractivity contribution in [1.29, 1.82) is 0 Å². The summed E-state index contributed by atoms with van der Waals surface area (Å²) in [6, 6.07) is 13.6. The van der Waals surface area contributed by atoms with Crippen LogP contribution in [-0.4, -0.2) is 27.5 Å². The van der Waals surface area contributed by atoms with Crippen LogP contribution in [0.2, 0.25) is 0 Å². The number of aryl methyl sites for hydroxylation is 1. The maximum atomic E-state index is 12.7. The van der Waals surface area contributed by atoms with E-state index in [1.54, 1.807) is 36.0 Å². The summed E-state index contributed by atoms with van der Waals surface area (Å²) < 4.78 is 45.7. The Kier molecular flexibility index (Phi) is 6.14. The van der Waals surface area contributed by atoms with Crippen molar-refractivity contribution in [2.75, 3.05) is 6.61 Å². The lowest BCUT2D eigenvalue weighted by molar-refractivity contribution is -0.138. The Morgan fingerprint density at radius 3 is 2.50 bits per heavy atom. The first-order valence-corrected chi connectivity index (χ1v) is 9.28. The number of halogens is 3. The number of hydrogen-bond acceptors (Lipinski definition) is 3. The highest BCUT2D eigenvalue weighted by Gasteiger charge is 2.30. The molecule has 2 aromatic carbocycles. The molecule has 158 valence electrons. The van der Waals surface area contributed by atoms with Crippen molar-refractivity contribution in [2.24, 2.45) is 7.05 Å². The second kappa shape index (κ2) is 8.61. The zero-order valence-electron chi connectivity index (χ0n) is 16.5. The number of alkyl halides is 3. The van der Waals surface area contributed by atoms with E-state index in [0.29, 0.717) is 29.2 Å². The molecule has 0 saturated carbocycles. The number of carbonyl (C=O) groups is 1. The highest BCUT2D eigenvalue weighted by Crippen LogP contribution is 2.31. The van der Waals surface area contributed by atoms with Crippen LogP contribution in [0, 0.1) is 0 Å². The Bertz CT molecular complexity index is 1030. The molecule has 3 aromatic rings. The average molecular weight is 418 g/mol. The molecule has 0 aliphatic rings. The van der Waals surface area contributed by atoms with E-state index < -0.39 is 17.7 Å². The van der Waals surface area contributed by atoms with Gasteiger partial charge in [-0.05, 0) is 35.9 Å². The fraction of sp³-hybridized carbons (Fsp3) is 0.273. The van der Waals surface area contributed by atoms with Crippen molar-refractivity contribution in [1.82, 2.24) is 9.78 Å². The lowest BCUT2D eigenvalue weighted by Gasteiger charge is -2.14. The summed E-state index contributed by atoms with van der Waals surface area (Å²) >= 11 is 0. The molecule has 0 unspecified atom stereocenters. The molecule has 0 amide bonds. The van der Waals surface area contributed by atoms with Crippen LogP contribution in [0.4, 0.5) is 13.2 Å². The highest BCUT2D eigenvalue weighted by atomic mass is 19.4. The molecular weight excluding hydrogens is 397 g/mol. The molecule has 0 aliphatic heterocycles. The molecule has 1 heterocycles. The van der Waals surface area contributed by atoms with Gasteiger partial charge in [-0.15, -0.1) is 0 Å². The van der Waals surface area contributed by atoms with E-state index in [4.69, 9.17) is 9.84 Å². The summed E-state index contributed by atoms with van der Waals surface area (Å²) in [6.07, 6.45) is -4.45. The fourth-order valence-corrected chi connectivity index (χ4v) is 3.14. The van der Waals surface area contributed by atoms with Gasteiger partial charge in [-0.2, -0.15) is 18.3 Å². The van der Waals surface area contributed by atoms with Crippen molar-refractivity contribution in [2.45, 2.75) is 25.4 Å². The Hall–Kier alpha value is -3.29. The molecular formula is C22H21F3N2O3. The standard InChI is InChI=1S/C22H21F3N2O3/c1-14(13-30-18-5-3-4-15(10-18)11-21(28)29)20-12-19(26-27(20)2)16-6-8-17(9-7-16)22(23,24)25/h3-10,12,14H,11,13H2,1-2H3,(H,28,29)/t14-/m0/s1. The minimum absolute atomic E-state index is 0.0474. The number of aliphatic carboxylic acids is 1. The average Bonchev–Trinajstić information content (AvgIpc) is 3.07. The van der Waals surface area contributed by atoms with Crippen LogP contribution in [0.25, 0.3) is 11.3 Å². The summed E-state index contributed by atoms with van der Waals surface area (Å²) in [4.78, 5) is 10.8. The number of carboxylic acid groups (broad SMARTS) is 1. The van der Waals surface area contributed by atoms with E-state index in [0.717, 1.165) is 17.8 Å². The predicted molar refractivity (Wildman–Crippen MR) is 105 cm³/mol. The third-order valence-corrected chi connectivity index (χ3v) is 4.68. The third-order valence-electron chi connectivity index (χ3n) is 4.68. The molecule has 0 fully saturated rings. The topological polar surface area (TPSA) is 64.3 Å². The maximum Gasteiger partial charge on any atom is 0.416 e. The van der Waals surface area contributed by atoms with Crippen LogP contribution in [0.3, 0.4) is 0 Å². The zero-order valence-corrected chi connectivity index (χ0v) is 16.5. The van der Waals surface area contributed by atoms with Gasteiger partial charge in [0.05, 0.1) is 24.3 Å². The van der Waals surface area contributed by atoms with E-state index in [9.17, 15) is 18.0 Å². The number of aromatic nitrogens is 2. The van der Waals surface area contributed by atoms with Crippen molar-refractivity contribution >= 4 is 5.97 Å². The predicted octanol–water partition coefficient (Wildman–Crippen LogP) is 4.92. The molecule has 8 heteroatoms. The monoisotopic (exact) mass is 418 g/mol. The van der Waals surface area contributed by atoms with Crippen LogP contribution >= 0.6 is 0 Å². The lowest BCUT2D eigenvalue weighted by Crippen LogP contribution is -2.11. The number of ether oxygens (including phenoxy) is 1. The lowest BCUT2D eigenvalue weighted by atomic mass is 10.1. The third kappa shape index (κ3) is 5.20. The summed E-state index contributed by atoms with van der Waals surface area (Å²) in [7, 11) is 1.77. The number of benzene rings is 2. The van der Waals surface area contributed by atoms with Crippen LogP contribution < -0.4 is 4.74 Å². The van der Waals surface area contributed by atoms with Gasteiger partial charge in [0.1, 0.15) is 5.75 Å². The first-order valence-electron chi connectivity index (χ1n) is 9.28. The molecule has 0 radical (unpaired) electrons. The molecule has 0 bridgehead atoms. The summed E-state index contributed by atoms with van der Waals surface area (Å²) in [6.45, 7) is 2.29. The minimum atomic E-state index is -4.37. The normalized spacial score (nSPS) is 12.6. The number of hydrogen-bond donors (Lipinski definition) is 1.